The number of rotatable bonds is 7. The molecule has 186 valence electrons. The van der Waals surface area contributed by atoms with Gasteiger partial charge in [-0.15, -0.1) is 0 Å². The number of nitrogens with zero attached hydrogens (tertiary/aromatic N) is 4. The molecule has 0 amide bonds. The standard InChI is InChI=1S/C26H25BrClN5O3/c1-15-9-17(12-29)10-16(2)23(15)36-24-21(27)13-30-26(32-24)31-20-5-7-33(8-6-20)14-19-4-3-18(25(34)35)11-22(19)28/h3-4,9-11,13,20H,5-8,14H2,1-2H3,(H,34,35)(H,30,31,32). The van der Waals surface area contributed by atoms with E-state index in [-0.39, 0.29) is 11.6 Å². The number of aryl methyl sites for hydroxylation is 2. The van der Waals surface area contributed by atoms with Crippen molar-refractivity contribution in [3.05, 3.63) is 73.8 Å². The van der Waals surface area contributed by atoms with Crippen molar-refractivity contribution >= 4 is 39.4 Å². The molecule has 10 heteroatoms. The number of benzene rings is 2. The van der Waals surface area contributed by atoms with E-state index in [1.54, 1.807) is 30.5 Å². The molecule has 1 aliphatic heterocycles. The van der Waals surface area contributed by atoms with Crippen molar-refractivity contribution < 1.29 is 14.6 Å². The summed E-state index contributed by atoms with van der Waals surface area (Å²) in [6.07, 6.45) is 3.46. The van der Waals surface area contributed by atoms with Gasteiger partial charge in [-0.25, -0.2) is 9.78 Å². The highest BCUT2D eigenvalue weighted by atomic mass is 79.9. The largest absolute Gasteiger partial charge is 0.478 e. The number of nitrogens with one attached hydrogen (secondary N) is 1. The highest BCUT2D eigenvalue weighted by Gasteiger charge is 2.22. The first-order valence-electron chi connectivity index (χ1n) is 11.5. The molecule has 2 aromatic carbocycles. The Labute approximate surface area is 223 Å². The molecule has 1 aromatic heterocycles. The molecular formula is C26H25BrClN5O3. The average molecular weight is 571 g/mol. The number of piperidine rings is 1. The molecular weight excluding hydrogens is 546 g/mol. The molecule has 0 atom stereocenters. The summed E-state index contributed by atoms with van der Waals surface area (Å²) in [4.78, 5) is 22.4. The third-order valence-corrected chi connectivity index (χ3v) is 7.01. The van der Waals surface area contributed by atoms with Crippen LogP contribution in [0, 0.1) is 25.2 Å². The third kappa shape index (κ3) is 6.13. The van der Waals surface area contributed by atoms with Crippen LogP contribution in [0.2, 0.25) is 5.02 Å². The maximum atomic E-state index is 11.1. The number of hydrogen-bond donors (Lipinski definition) is 2. The highest BCUT2D eigenvalue weighted by molar-refractivity contribution is 9.10. The molecule has 1 saturated heterocycles. The number of anilines is 1. The van der Waals surface area contributed by atoms with Gasteiger partial charge in [-0.2, -0.15) is 10.2 Å². The van der Waals surface area contributed by atoms with Gasteiger partial charge < -0.3 is 15.2 Å². The van der Waals surface area contributed by atoms with E-state index in [4.69, 9.17) is 21.4 Å². The van der Waals surface area contributed by atoms with E-state index in [0.29, 0.717) is 39.2 Å². The Morgan fingerprint density at radius 2 is 1.97 bits per heavy atom. The van der Waals surface area contributed by atoms with Crippen LogP contribution in [0.15, 0.2) is 41.0 Å². The number of likely N-dealkylation sites (tertiary alicyclic amines) is 1. The molecule has 2 N–H and O–H groups in total. The maximum Gasteiger partial charge on any atom is 0.335 e. The van der Waals surface area contributed by atoms with E-state index >= 15 is 0 Å². The van der Waals surface area contributed by atoms with Crippen LogP contribution in [0.5, 0.6) is 11.6 Å². The minimum Gasteiger partial charge on any atom is -0.478 e. The zero-order chi connectivity index (χ0) is 25.8. The summed E-state index contributed by atoms with van der Waals surface area (Å²) >= 11 is 9.77. The van der Waals surface area contributed by atoms with Crippen LogP contribution >= 0.6 is 27.5 Å². The molecule has 3 aromatic rings. The maximum absolute atomic E-state index is 11.1. The van der Waals surface area contributed by atoms with Crippen LogP contribution in [0.3, 0.4) is 0 Å². The second-order valence-corrected chi connectivity index (χ2v) is 10.1. The van der Waals surface area contributed by atoms with Crippen molar-refractivity contribution in [3.8, 4) is 17.7 Å². The van der Waals surface area contributed by atoms with E-state index in [1.807, 2.05) is 13.8 Å². The summed E-state index contributed by atoms with van der Waals surface area (Å²) in [7, 11) is 0. The lowest BCUT2D eigenvalue weighted by Crippen LogP contribution is -2.39. The van der Waals surface area contributed by atoms with Gasteiger partial charge in [-0.3, -0.25) is 4.90 Å². The van der Waals surface area contributed by atoms with Crippen LogP contribution in [0.25, 0.3) is 0 Å². The molecule has 0 spiro atoms. The Kier molecular flexibility index (Phi) is 8.09. The molecule has 2 heterocycles. The number of carboxylic acids is 1. The molecule has 4 rings (SSSR count). The van der Waals surface area contributed by atoms with Crippen LogP contribution in [-0.4, -0.2) is 45.1 Å². The summed E-state index contributed by atoms with van der Waals surface area (Å²) in [6.45, 7) is 6.19. The van der Waals surface area contributed by atoms with Gasteiger partial charge in [0.05, 0.1) is 27.9 Å². The van der Waals surface area contributed by atoms with Crippen molar-refractivity contribution in [2.45, 2.75) is 39.3 Å². The van der Waals surface area contributed by atoms with Gasteiger partial charge in [0.2, 0.25) is 11.8 Å². The summed E-state index contributed by atoms with van der Waals surface area (Å²) < 4.78 is 6.75. The monoisotopic (exact) mass is 569 g/mol. The topological polar surface area (TPSA) is 111 Å². The normalized spacial score (nSPS) is 14.3. The predicted molar refractivity (Wildman–Crippen MR) is 141 cm³/mol. The Morgan fingerprint density at radius 3 is 2.58 bits per heavy atom. The molecule has 1 fully saturated rings. The van der Waals surface area contributed by atoms with Crippen molar-refractivity contribution in [3.63, 3.8) is 0 Å². The Bertz CT molecular complexity index is 1310. The third-order valence-electron chi connectivity index (χ3n) is 6.11. The predicted octanol–water partition coefficient (Wildman–Crippen LogP) is 5.95. The van der Waals surface area contributed by atoms with Crippen LogP contribution in [0.1, 0.15) is 45.5 Å². The zero-order valence-corrected chi connectivity index (χ0v) is 22.2. The van der Waals surface area contributed by atoms with Gasteiger partial charge in [0.15, 0.2) is 0 Å². The average Bonchev–Trinajstić information content (AvgIpc) is 2.85. The summed E-state index contributed by atoms with van der Waals surface area (Å²) in [6, 6.07) is 10.8. The highest BCUT2D eigenvalue weighted by Crippen LogP contribution is 2.33. The summed E-state index contributed by atoms with van der Waals surface area (Å²) in [5, 5.41) is 22.2. The van der Waals surface area contributed by atoms with Crippen molar-refractivity contribution in [1.29, 1.82) is 5.26 Å². The van der Waals surface area contributed by atoms with Gasteiger partial charge in [-0.05, 0) is 83.6 Å². The van der Waals surface area contributed by atoms with E-state index in [9.17, 15) is 10.1 Å². The first-order valence-corrected chi connectivity index (χ1v) is 12.6. The molecule has 1 aliphatic rings. The second kappa shape index (κ2) is 11.2. The smallest absolute Gasteiger partial charge is 0.335 e. The second-order valence-electron chi connectivity index (χ2n) is 8.81. The molecule has 0 unspecified atom stereocenters. The number of hydrogen-bond acceptors (Lipinski definition) is 7. The van der Waals surface area contributed by atoms with Gasteiger partial charge in [0.1, 0.15) is 5.75 Å². The first-order chi connectivity index (χ1) is 17.2. The van der Waals surface area contributed by atoms with Gasteiger partial charge in [0, 0.05) is 30.7 Å². The Balaban J connectivity index is 1.37. The minimum atomic E-state index is -0.985. The van der Waals surface area contributed by atoms with Gasteiger partial charge >= 0.3 is 5.97 Å². The number of carboxylic acid groups (broad SMARTS) is 1. The lowest BCUT2D eigenvalue weighted by molar-refractivity contribution is 0.0697. The molecule has 0 saturated carbocycles. The number of aromatic carboxylic acids is 1. The Hall–Kier alpha value is -3.19. The van der Waals surface area contributed by atoms with E-state index in [1.165, 1.54) is 6.07 Å². The van der Waals surface area contributed by atoms with Gasteiger partial charge in [0.25, 0.3) is 0 Å². The van der Waals surface area contributed by atoms with Crippen molar-refractivity contribution in [1.82, 2.24) is 14.9 Å². The van der Waals surface area contributed by atoms with Crippen LogP contribution in [0.4, 0.5) is 5.95 Å². The van der Waals surface area contributed by atoms with E-state index < -0.39 is 5.97 Å². The lowest BCUT2D eigenvalue weighted by atomic mass is 10.0. The minimum absolute atomic E-state index is 0.189. The van der Waals surface area contributed by atoms with E-state index in [2.05, 4.69) is 42.2 Å². The molecule has 8 nitrogen and oxygen atoms in total. The number of ether oxygens (including phenoxy) is 1. The van der Waals surface area contributed by atoms with Crippen molar-refractivity contribution in [2.24, 2.45) is 0 Å². The van der Waals surface area contributed by atoms with E-state index in [0.717, 1.165) is 42.6 Å². The number of halogens is 2. The zero-order valence-electron chi connectivity index (χ0n) is 19.9. The number of nitriles is 1. The quantitative estimate of drug-likeness (QED) is 0.359. The fourth-order valence-corrected chi connectivity index (χ4v) is 4.74. The Morgan fingerprint density at radius 1 is 1.28 bits per heavy atom. The van der Waals surface area contributed by atoms with Crippen LogP contribution in [-0.2, 0) is 6.54 Å². The molecule has 36 heavy (non-hydrogen) atoms. The summed E-state index contributed by atoms with van der Waals surface area (Å²) in [5.74, 6) is 0.576. The summed E-state index contributed by atoms with van der Waals surface area (Å²) in [5.41, 5.74) is 3.41. The van der Waals surface area contributed by atoms with Crippen molar-refractivity contribution in [2.75, 3.05) is 18.4 Å². The van der Waals surface area contributed by atoms with Crippen LogP contribution < -0.4 is 10.1 Å². The fourth-order valence-electron chi connectivity index (χ4n) is 4.23. The number of aromatic nitrogens is 2. The fraction of sp³-hybridized carbons (Fsp3) is 0.308. The molecule has 0 bridgehead atoms. The molecule has 0 aliphatic carbocycles. The first kappa shape index (κ1) is 25.9. The SMILES string of the molecule is Cc1cc(C#N)cc(C)c1Oc1nc(NC2CCN(Cc3ccc(C(=O)O)cc3Cl)CC2)ncc1Br. The van der Waals surface area contributed by atoms with Gasteiger partial charge in [-0.1, -0.05) is 17.7 Å². The lowest BCUT2D eigenvalue weighted by Gasteiger charge is -2.32. The number of carbonyl (C=O) groups is 1. The molecule has 0 radical (unpaired) electrons.